The lowest BCUT2D eigenvalue weighted by molar-refractivity contribution is 0.316. The minimum atomic E-state index is -3.71. The van der Waals surface area contributed by atoms with Gasteiger partial charge in [0.25, 0.3) is 10.0 Å². The van der Waals surface area contributed by atoms with Crippen LogP contribution in [0.2, 0.25) is 5.02 Å². The van der Waals surface area contributed by atoms with E-state index in [2.05, 4.69) is 15.0 Å². The first-order chi connectivity index (χ1) is 8.38. The Morgan fingerprint density at radius 2 is 2.39 bits per heavy atom. The Balaban J connectivity index is 2.62. The van der Waals surface area contributed by atoms with Crippen LogP contribution < -0.4 is 10.5 Å². The SMILES string of the molecule is Cn1ncc(Cl)c1S(=O)(=O)NCCCC(N)=NO. The number of nitrogens with two attached hydrogens (primary N) is 1. The summed E-state index contributed by atoms with van der Waals surface area (Å²) in [6.07, 6.45) is 1.95. The number of rotatable bonds is 6. The number of hydrogen-bond donors (Lipinski definition) is 3. The second-order valence-electron chi connectivity index (χ2n) is 3.51. The summed E-state index contributed by atoms with van der Waals surface area (Å²) in [5.74, 6) is 0.0489. The van der Waals surface area contributed by atoms with Gasteiger partial charge in [0.15, 0.2) is 5.03 Å². The van der Waals surface area contributed by atoms with Gasteiger partial charge in [-0.05, 0) is 6.42 Å². The molecule has 0 aromatic carbocycles. The van der Waals surface area contributed by atoms with E-state index in [4.69, 9.17) is 22.5 Å². The number of hydrogen-bond acceptors (Lipinski definition) is 5. The first-order valence-electron chi connectivity index (χ1n) is 5.02. The van der Waals surface area contributed by atoms with Gasteiger partial charge < -0.3 is 10.9 Å². The highest BCUT2D eigenvalue weighted by Crippen LogP contribution is 2.19. The summed E-state index contributed by atoms with van der Waals surface area (Å²) < 4.78 is 27.3. The third kappa shape index (κ3) is 3.59. The smallest absolute Gasteiger partial charge is 0.259 e. The summed E-state index contributed by atoms with van der Waals surface area (Å²) >= 11 is 5.74. The lowest BCUT2D eigenvalue weighted by Gasteiger charge is -2.07. The molecule has 18 heavy (non-hydrogen) atoms. The summed E-state index contributed by atoms with van der Waals surface area (Å²) in [6.45, 7) is 0.153. The Morgan fingerprint density at radius 1 is 1.72 bits per heavy atom. The highest BCUT2D eigenvalue weighted by Gasteiger charge is 2.21. The molecule has 0 bridgehead atoms. The maximum atomic E-state index is 11.9. The maximum Gasteiger partial charge on any atom is 0.259 e. The van der Waals surface area contributed by atoms with Crippen LogP contribution in [-0.2, 0) is 17.1 Å². The van der Waals surface area contributed by atoms with Crippen molar-refractivity contribution >= 4 is 27.5 Å². The number of nitrogens with one attached hydrogen (secondary N) is 1. The zero-order chi connectivity index (χ0) is 13.8. The van der Waals surface area contributed by atoms with Crippen molar-refractivity contribution in [2.45, 2.75) is 17.9 Å². The van der Waals surface area contributed by atoms with Crippen LogP contribution >= 0.6 is 11.6 Å². The van der Waals surface area contributed by atoms with Gasteiger partial charge in [0.1, 0.15) is 5.84 Å². The van der Waals surface area contributed by atoms with Crippen molar-refractivity contribution in [3.8, 4) is 0 Å². The molecule has 0 amide bonds. The van der Waals surface area contributed by atoms with Gasteiger partial charge in [0.05, 0.1) is 11.2 Å². The van der Waals surface area contributed by atoms with Crippen molar-refractivity contribution in [1.29, 1.82) is 0 Å². The zero-order valence-electron chi connectivity index (χ0n) is 9.67. The van der Waals surface area contributed by atoms with Gasteiger partial charge in [-0.25, -0.2) is 13.1 Å². The summed E-state index contributed by atoms with van der Waals surface area (Å²) in [4.78, 5) is 0. The molecule has 0 atom stereocenters. The molecule has 0 radical (unpaired) electrons. The number of aromatic nitrogens is 2. The molecule has 1 aromatic heterocycles. The molecular formula is C8H14ClN5O3S. The Labute approximate surface area is 109 Å². The van der Waals surface area contributed by atoms with Crippen molar-refractivity contribution in [1.82, 2.24) is 14.5 Å². The van der Waals surface area contributed by atoms with Crippen molar-refractivity contribution in [2.24, 2.45) is 17.9 Å². The van der Waals surface area contributed by atoms with E-state index in [9.17, 15) is 8.42 Å². The van der Waals surface area contributed by atoms with E-state index in [1.165, 1.54) is 17.9 Å². The molecule has 1 aromatic rings. The lowest BCUT2D eigenvalue weighted by Crippen LogP contribution is -2.27. The molecule has 1 heterocycles. The van der Waals surface area contributed by atoms with E-state index in [-0.39, 0.29) is 28.8 Å². The fourth-order valence-corrected chi connectivity index (χ4v) is 3.02. The van der Waals surface area contributed by atoms with Gasteiger partial charge in [-0.2, -0.15) is 5.10 Å². The molecule has 0 saturated carbocycles. The van der Waals surface area contributed by atoms with E-state index in [0.29, 0.717) is 6.42 Å². The standard InChI is InChI=1S/C8H14ClN5O3S/c1-14-8(6(9)5-11-14)18(16,17)12-4-2-3-7(10)13-15/h5,12,15H,2-4H2,1H3,(H2,10,13). The van der Waals surface area contributed by atoms with E-state index >= 15 is 0 Å². The highest BCUT2D eigenvalue weighted by molar-refractivity contribution is 7.89. The van der Waals surface area contributed by atoms with Crippen molar-refractivity contribution < 1.29 is 13.6 Å². The van der Waals surface area contributed by atoms with Crippen molar-refractivity contribution in [2.75, 3.05) is 6.54 Å². The molecular weight excluding hydrogens is 282 g/mol. The normalized spacial score (nSPS) is 12.9. The Kier molecular flexibility index (Phi) is 4.93. The zero-order valence-corrected chi connectivity index (χ0v) is 11.2. The molecule has 0 fully saturated rings. The lowest BCUT2D eigenvalue weighted by atomic mass is 10.3. The van der Waals surface area contributed by atoms with Crippen molar-refractivity contribution in [3.05, 3.63) is 11.2 Å². The van der Waals surface area contributed by atoms with Crippen LogP contribution in [0.4, 0.5) is 0 Å². The summed E-state index contributed by atoms with van der Waals surface area (Å²) in [6, 6.07) is 0. The fourth-order valence-electron chi connectivity index (χ4n) is 1.30. The van der Waals surface area contributed by atoms with Gasteiger partial charge in [-0.15, -0.1) is 0 Å². The first-order valence-corrected chi connectivity index (χ1v) is 6.88. The summed E-state index contributed by atoms with van der Waals surface area (Å²) in [5, 5.41) is 14.8. The molecule has 0 unspecified atom stereocenters. The molecule has 0 spiro atoms. The van der Waals surface area contributed by atoms with Crippen LogP contribution in [0.5, 0.6) is 0 Å². The molecule has 0 saturated heterocycles. The van der Waals surface area contributed by atoms with Gasteiger partial charge in [0.2, 0.25) is 0 Å². The second-order valence-corrected chi connectivity index (χ2v) is 5.60. The average Bonchev–Trinajstić information content (AvgIpc) is 2.64. The minimum absolute atomic E-state index is 0.0489. The average molecular weight is 296 g/mol. The van der Waals surface area contributed by atoms with Crippen LogP contribution in [0.25, 0.3) is 0 Å². The number of aryl methyl sites for hydroxylation is 1. The van der Waals surface area contributed by atoms with Gasteiger partial charge in [0, 0.05) is 20.0 Å². The monoisotopic (exact) mass is 295 g/mol. The fraction of sp³-hybridized carbons (Fsp3) is 0.500. The topological polar surface area (TPSA) is 123 Å². The van der Waals surface area contributed by atoms with E-state index in [1.54, 1.807) is 0 Å². The van der Waals surface area contributed by atoms with Crippen LogP contribution in [0, 0.1) is 0 Å². The number of sulfonamides is 1. The van der Waals surface area contributed by atoms with Gasteiger partial charge in [-0.1, -0.05) is 16.8 Å². The maximum absolute atomic E-state index is 11.9. The van der Waals surface area contributed by atoms with Crippen LogP contribution in [-0.4, -0.2) is 35.8 Å². The first kappa shape index (κ1) is 14.7. The Hall–Kier alpha value is -1.32. The third-order valence-corrected chi connectivity index (χ3v) is 4.09. The largest absolute Gasteiger partial charge is 0.409 e. The van der Waals surface area contributed by atoms with E-state index in [0.717, 1.165) is 0 Å². The van der Waals surface area contributed by atoms with E-state index in [1.807, 2.05) is 0 Å². The number of amidine groups is 1. The second kappa shape index (κ2) is 6.03. The summed E-state index contributed by atoms with van der Waals surface area (Å²) in [5.41, 5.74) is 5.25. The Morgan fingerprint density at radius 3 is 2.89 bits per heavy atom. The number of nitrogens with zero attached hydrogens (tertiary/aromatic N) is 3. The van der Waals surface area contributed by atoms with Crippen molar-refractivity contribution in [3.63, 3.8) is 0 Å². The van der Waals surface area contributed by atoms with Crippen LogP contribution in [0.1, 0.15) is 12.8 Å². The molecule has 0 aliphatic rings. The third-order valence-electron chi connectivity index (χ3n) is 2.13. The van der Waals surface area contributed by atoms with Crippen LogP contribution in [0.15, 0.2) is 16.4 Å². The molecule has 10 heteroatoms. The van der Waals surface area contributed by atoms with Gasteiger partial charge in [-0.3, -0.25) is 4.68 Å². The Bertz CT molecular complexity index is 519. The molecule has 1 rings (SSSR count). The molecule has 8 nitrogen and oxygen atoms in total. The molecule has 0 aliphatic carbocycles. The summed E-state index contributed by atoms with van der Waals surface area (Å²) in [7, 11) is -2.22. The highest BCUT2D eigenvalue weighted by atomic mass is 35.5. The number of halogens is 1. The number of oxime groups is 1. The predicted molar refractivity (Wildman–Crippen MR) is 66.0 cm³/mol. The quantitative estimate of drug-likeness (QED) is 0.222. The molecule has 102 valence electrons. The molecule has 0 aliphatic heterocycles. The molecule has 4 N–H and O–H groups in total. The predicted octanol–water partition coefficient (Wildman–Crippen LogP) is -0.122. The van der Waals surface area contributed by atoms with E-state index < -0.39 is 10.0 Å². The van der Waals surface area contributed by atoms with Crippen LogP contribution in [0.3, 0.4) is 0 Å². The van der Waals surface area contributed by atoms with Gasteiger partial charge >= 0.3 is 0 Å². The minimum Gasteiger partial charge on any atom is -0.409 e.